The van der Waals surface area contributed by atoms with Crippen LogP contribution in [0.5, 0.6) is 17.2 Å². The van der Waals surface area contributed by atoms with Crippen LogP contribution in [-0.2, 0) is 0 Å². The van der Waals surface area contributed by atoms with Crippen molar-refractivity contribution < 1.29 is 23.8 Å². The zero-order chi connectivity index (χ0) is 21.1. The molecule has 150 valence electrons. The summed E-state index contributed by atoms with van der Waals surface area (Å²) in [6.07, 6.45) is 1.68. The number of carbonyl (C=O) groups excluding carboxylic acids is 2. The van der Waals surface area contributed by atoms with Gasteiger partial charge in [-0.1, -0.05) is 42.5 Å². The fourth-order valence-electron chi connectivity index (χ4n) is 3.26. The summed E-state index contributed by atoms with van der Waals surface area (Å²) in [4.78, 5) is 25.0. The van der Waals surface area contributed by atoms with Crippen LogP contribution in [0.1, 0.15) is 31.8 Å². The fraction of sp³-hybridized carbons (Fsp3) is 0.120. The molecule has 0 N–H and O–H groups in total. The Kier molecular flexibility index (Phi) is 5.35. The first kappa shape index (κ1) is 19.5. The molecule has 5 heteroatoms. The van der Waals surface area contributed by atoms with Gasteiger partial charge in [-0.2, -0.15) is 0 Å². The van der Waals surface area contributed by atoms with Crippen LogP contribution in [0.15, 0.2) is 72.5 Å². The highest BCUT2D eigenvalue weighted by Gasteiger charge is 2.30. The van der Waals surface area contributed by atoms with E-state index in [1.807, 2.05) is 49.4 Å². The molecule has 1 aliphatic heterocycles. The van der Waals surface area contributed by atoms with Gasteiger partial charge in [0.05, 0.1) is 12.7 Å². The van der Waals surface area contributed by atoms with Crippen LogP contribution in [0.4, 0.5) is 0 Å². The van der Waals surface area contributed by atoms with Gasteiger partial charge in [0.25, 0.3) is 0 Å². The van der Waals surface area contributed by atoms with E-state index in [4.69, 9.17) is 14.2 Å². The topological polar surface area (TPSA) is 61.8 Å². The van der Waals surface area contributed by atoms with Crippen molar-refractivity contribution in [3.05, 3.63) is 94.7 Å². The summed E-state index contributed by atoms with van der Waals surface area (Å²) in [7, 11) is 1.59. The van der Waals surface area contributed by atoms with Gasteiger partial charge in [-0.05, 0) is 42.8 Å². The zero-order valence-corrected chi connectivity index (χ0v) is 16.7. The second-order valence-corrected chi connectivity index (χ2v) is 6.86. The smallest absolute Gasteiger partial charge is 0.231 e. The number of fused-ring (bicyclic) bond motifs is 1. The molecule has 0 amide bonds. The third-order valence-electron chi connectivity index (χ3n) is 4.88. The van der Waals surface area contributed by atoms with Gasteiger partial charge in [0.1, 0.15) is 17.2 Å². The quantitative estimate of drug-likeness (QED) is 0.436. The van der Waals surface area contributed by atoms with Crippen LogP contribution in [-0.4, -0.2) is 25.3 Å². The van der Waals surface area contributed by atoms with Crippen LogP contribution >= 0.6 is 0 Å². The van der Waals surface area contributed by atoms with Gasteiger partial charge in [0.15, 0.2) is 18.1 Å². The second kappa shape index (κ2) is 8.25. The van der Waals surface area contributed by atoms with Crippen molar-refractivity contribution in [1.82, 2.24) is 0 Å². The maximum Gasteiger partial charge on any atom is 0.231 e. The Labute approximate surface area is 174 Å². The number of hydrogen-bond donors (Lipinski definition) is 0. The average Bonchev–Trinajstić information content (AvgIpc) is 3.10. The summed E-state index contributed by atoms with van der Waals surface area (Å²) in [5.41, 5.74) is 2.54. The number of allylic oxidation sites excluding steroid dienone is 1. The molecule has 0 saturated carbocycles. The highest BCUT2D eigenvalue weighted by atomic mass is 16.5. The number of hydrogen-bond acceptors (Lipinski definition) is 5. The molecule has 0 atom stereocenters. The molecule has 0 unspecified atom stereocenters. The number of carbonyl (C=O) groups is 2. The van der Waals surface area contributed by atoms with Crippen LogP contribution in [0.3, 0.4) is 0 Å². The number of rotatable bonds is 6. The molecular weight excluding hydrogens is 380 g/mol. The molecule has 4 rings (SSSR count). The molecule has 0 bridgehead atoms. The first-order chi connectivity index (χ1) is 14.6. The monoisotopic (exact) mass is 400 g/mol. The third kappa shape index (κ3) is 3.82. The average molecular weight is 400 g/mol. The number of methoxy groups -OCH3 is 1. The maximum absolute atomic E-state index is 12.8. The minimum Gasteiger partial charge on any atom is -0.497 e. The molecular formula is C25H20O5. The van der Waals surface area contributed by atoms with Crippen LogP contribution in [0.2, 0.25) is 0 Å². The first-order valence-electron chi connectivity index (χ1n) is 9.50. The molecule has 5 nitrogen and oxygen atoms in total. The third-order valence-corrected chi connectivity index (χ3v) is 4.88. The normalized spacial score (nSPS) is 13.7. The zero-order valence-electron chi connectivity index (χ0n) is 16.7. The Morgan fingerprint density at radius 2 is 1.83 bits per heavy atom. The van der Waals surface area contributed by atoms with Gasteiger partial charge in [-0.15, -0.1) is 0 Å². The number of benzene rings is 3. The molecule has 0 aliphatic carbocycles. The van der Waals surface area contributed by atoms with Gasteiger partial charge in [0.2, 0.25) is 5.78 Å². The lowest BCUT2D eigenvalue weighted by Gasteiger charge is -2.11. The summed E-state index contributed by atoms with van der Waals surface area (Å²) in [5, 5.41) is 0. The van der Waals surface area contributed by atoms with Gasteiger partial charge < -0.3 is 14.2 Å². The van der Waals surface area contributed by atoms with E-state index in [1.165, 1.54) is 0 Å². The number of ether oxygens (including phenoxy) is 3. The van der Waals surface area contributed by atoms with Crippen molar-refractivity contribution in [2.45, 2.75) is 6.92 Å². The fourth-order valence-corrected chi connectivity index (χ4v) is 3.26. The Morgan fingerprint density at radius 3 is 2.60 bits per heavy atom. The second-order valence-electron chi connectivity index (χ2n) is 6.86. The molecule has 0 saturated heterocycles. The summed E-state index contributed by atoms with van der Waals surface area (Å²) < 4.78 is 16.8. The molecule has 3 aromatic rings. The Morgan fingerprint density at radius 1 is 1.03 bits per heavy atom. The highest BCUT2D eigenvalue weighted by molar-refractivity contribution is 6.15. The van der Waals surface area contributed by atoms with Gasteiger partial charge in [-0.3, -0.25) is 9.59 Å². The van der Waals surface area contributed by atoms with Gasteiger partial charge in [0, 0.05) is 11.1 Å². The molecule has 30 heavy (non-hydrogen) atoms. The van der Waals surface area contributed by atoms with E-state index in [2.05, 4.69) is 0 Å². The summed E-state index contributed by atoms with van der Waals surface area (Å²) in [6.45, 7) is 1.72. The van der Waals surface area contributed by atoms with Gasteiger partial charge >= 0.3 is 0 Å². The molecule has 1 aliphatic rings. The van der Waals surface area contributed by atoms with E-state index in [1.54, 1.807) is 37.5 Å². The largest absolute Gasteiger partial charge is 0.497 e. The van der Waals surface area contributed by atoms with Crippen LogP contribution < -0.4 is 14.2 Å². The predicted octanol–water partition coefficient (Wildman–Crippen LogP) is 4.88. The summed E-state index contributed by atoms with van der Waals surface area (Å²) in [6, 6.07) is 19.7. The van der Waals surface area contributed by atoms with Crippen molar-refractivity contribution in [2.75, 3.05) is 13.7 Å². The standard InChI is InChI=1S/C25H20O5/c1-16-22(29-15-21(26)18-8-4-3-5-9-18)12-11-20-24(27)23(30-25(16)20)14-17-7-6-10-19(13-17)28-2/h3-14H,15H2,1-2H3/b23-14-. The van der Waals surface area contributed by atoms with Crippen LogP contribution in [0, 0.1) is 6.92 Å². The summed E-state index contributed by atoms with van der Waals surface area (Å²) >= 11 is 0. The number of Topliss-reactive ketones (excluding diaryl/α,β-unsaturated/α-hetero) is 2. The molecule has 0 radical (unpaired) electrons. The minimum absolute atomic E-state index is 0.0932. The first-order valence-corrected chi connectivity index (χ1v) is 9.50. The maximum atomic E-state index is 12.8. The SMILES string of the molecule is COc1cccc(/C=C2\Oc3c(ccc(OCC(=O)c4ccccc4)c3C)C2=O)c1. The van der Waals surface area contributed by atoms with E-state index in [-0.39, 0.29) is 23.9 Å². The number of ketones is 2. The summed E-state index contributed by atoms with van der Waals surface area (Å²) in [5.74, 6) is 1.59. The molecule has 1 heterocycles. The Hall–Kier alpha value is -3.86. The predicted molar refractivity (Wildman–Crippen MR) is 113 cm³/mol. The van der Waals surface area contributed by atoms with Crippen molar-refractivity contribution in [3.63, 3.8) is 0 Å². The lowest BCUT2D eigenvalue weighted by Crippen LogP contribution is -2.12. The van der Waals surface area contributed by atoms with E-state index in [0.29, 0.717) is 33.9 Å². The van der Waals surface area contributed by atoms with E-state index >= 15 is 0 Å². The van der Waals surface area contributed by atoms with Crippen molar-refractivity contribution in [2.24, 2.45) is 0 Å². The van der Waals surface area contributed by atoms with Crippen molar-refractivity contribution in [3.8, 4) is 17.2 Å². The van der Waals surface area contributed by atoms with E-state index in [9.17, 15) is 9.59 Å². The van der Waals surface area contributed by atoms with Gasteiger partial charge in [-0.25, -0.2) is 0 Å². The van der Waals surface area contributed by atoms with Crippen LogP contribution in [0.25, 0.3) is 6.08 Å². The lowest BCUT2D eigenvalue weighted by atomic mass is 10.1. The van der Waals surface area contributed by atoms with E-state index < -0.39 is 0 Å². The lowest BCUT2D eigenvalue weighted by molar-refractivity contribution is 0.0920. The minimum atomic E-state index is -0.192. The van der Waals surface area contributed by atoms with Crippen molar-refractivity contribution >= 4 is 17.6 Å². The molecule has 0 spiro atoms. The van der Waals surface area contributed by atoms with Crippen molar-refractivity contribution in [1.29, 1.82) is 0 Å². The molecule has 0 fully saturated rings. The van der Waals surface area contributed by atoms with E-state index in [0.717, 1.165) is 5.56 Å². The molecule has 3 aromatic carbocycles. The Bertz CT molecular complexity index is 1150. The Balaban J connectivity index is 1.54. The molecule has 0 aromatic heterocycles. The highest BCUT2D eigenvalue weighted by Crippen LogP contribution is 2.39.